The van der Waals surface area contributed by atoms with Crippen molar-refractivity contribution >= 4 is 23.9 Å². The van der Waals surface area contributed by atoms with E-state index in [4.69, 9.17) is 5.11 Å². The van der Waals surface area contributed by atoms with Crippen LogP contribution in [0.5, 0.6) is 5.75 Å². The fraction of sp³-hybridized carbons (Fsp3) is 0.308. The maximum absolute atomic E-state index is 11.8. The molecule has 0 atom stereocenters. The summed E-state index contributed by atoms with van der Waals surface area (Å²) in [4.78, 5) is 34.6. The normalized spacial score (nSPS) is 9.65. The second-order valence-corrected chi connectivity index (χ2v) is 4.06. The quantitative estimate of drug-likeness (QED) is 0.375. The molecular weight excluding hydrogens is 262 g/mol. The minimum Gasteiger partial charge on any atom is -0.508 e. The third kappa shape index (κ3) is 4.60. The summed E-state index contributed by atoms with van der Waals surface area (Å²) < 4.78 is 0. The predicted molar refractivity (Wildman–Crippen MR) is 73.2 cm³/mol. The Hall–Kier alpha value is -2.57. The van der Waals surface area contributed by atoms with Gasteiger partial charge in [0, 0.05) is 25.8 Å². The van der Waals surface area contributed by atoms with Crippen molar-refractivity contribution in [3.05, 3.63) is 24.3 Å². The fourth-order valence-electron chi connectivity index (χ4n) is 1.47. The number of phenols is 1. The molecule has 1 rings (SSSR count). The zero-order chi connectivity index (χ0) is 15.0. The molecular formula is C13H17N3O4. The Balaban J connectivity index is 2.45. The van der Waals surface area contributed by atoms with Crippen molar-refractivity contribution in [1.29, 1.82) is 0 Å². The molecule has 7 heteroatoms. The molecule has 7 nitrogen and oxygen atoms in total. The fourth-order valence-corrected chi connectivity index (χ4v) is 1.47. The van der Waals surface area contributed by atoms with E-state index in [1.807, 2.05) is 0 Å². The van der Waals surface area contributed by atoms with Gasteiger partial charge in [-0.05, 0) is 30.7 Å². The molecule has 0 aliphatic rings. The number of carbonyl (C=O) groups excluding carboxylic acids is 3. The Kier molecular flexibility index (Phi) is 6.02. The summed E-state index contributed by atoms with van der Waals surface area (Å²) in [6, 6.07) is 5.94. The van der Waals surface area contributed by atoms with Crippen LogP contribution in [0.1, 0.15) is 6.42 Å². The molecule has 0 unspecified atom stereocenters. The summed E-state index contributed by atoms with van der Waals surface area (Å²) in [6.07, 6.45) is 1.12. The lowest BCUT2D eigenvalue weighted by Gasteiger charge is -2.16. The van der Waals surface area contributed by atoms with Crippen molar-refractivity contribution in [1.82, 2.24) is 10.6 Å². The average Bonchev–Trinajstić information content (AvgIpc) is 2.46. The number of benzene rings is 1. The van der Waals surface area contributed by atoms with Crippen LogP contribution in [0.3, 0.4) is 0 Å². The zero-order valence-corrected chi connectivity index (χ0v) is 11.1. The Morgan fingerprint density at radius 1 is 1.25 bits per heavy atom. The Morgan fingerprint density at radius 2 is 1.90 bits per heavy atom. The van der Waals surface area contributed by atoms with Gasteiger partial charge >= 0.3 is 11.8 Å². The summed E-state index contributed by atoms with van der Waals surface area (Å²) in [5.41, 5.74) is 0.505. The number of nitrogens with zero attached hydrogens (tertiary/aromatic N) is 1. The number of likely N-dealkylation sites (N-methyl/N-ethyl adjacent to an activating group) is 1. The summed E-state index contributed by atoms with van der Waals surface area (Å²) >= 11 is 0. The highest BCUT2D eigenvalue weighted by Crippen LogP contribution is 2.17. The van der Waals surface area contributed by atoms with Crippen LogP contribution in [0, 0.1) is 0 Å². The van der Waals surface area contributed by atoms with Crippen molar-refractivity contribution in [3.63, 3.8) is 0 Å². The summed E-state index contributed by atoms with van der Waals surface area (Å²) in [5.74, 6) is -1.33. The van der Waals surface area contributed by atoms with E-state index in [-0.39, 0.29) is 5.75 Å². The molecule has 0 spiro atoms. The van der Waals surface area contributed by atoms with Gasteiger partial charge < -0.3 is 20.6 Å². The number of amides is 3. The van der Waals surface area contributed by atoms with Gasteiger partial charge in [0.25, 0.3) is 0 Å². The van der Waals surface area contributed by atoms with E-state index in [1.165, 1.54) is 36.2 Å². The Labute approximate surface area is 116 Å². The second kappa shape index (κ2) is 7.78. The van der Waals surface area contributed by atoms with Crippen LogP contribution < -0.4 is 15.5 Å². The minimum absolute atomic E-state index is 0.0849. The summed E-state index contributed by atoms with van der Waals surface area (Å²) in [5, 5.41) is 14.1. The number of anilines is 1. The van der Waals surface area contributed by atoms with E-state index in [1.54, 1.807) is 0 Å². The van der Waals surface area contributed by atoms with E-state index in [0.29, 0.717) is 31.6 Å². The second-order valence-electron chi connectivity index (χ2n) is 4.06. The van der Waals surface area contributed by atoms with E-state index in [2.05, 4.69) is 10.6 Å². The molecule has 0 saturated carbocycles. The van der Waals surface area contributed by atoms with Crippen LogP contribution >= 0.6 is 0 Å². The van der Waals surface area contributed by atoms with E-state index in [9.17, 15) is 14.4 Å². The van der Waals surface area contributed by atoms with Crippen molar-refractivity contribution in [2.24, 2.45) is 0 Å². The smallest absolute Gasteiger partial charge is 0.316 e. The van der Waals surface area contributed by atoms with Crippen LogP contribution in [0.25, 0.3) is 0 Å². The van der Waals surface area contributed by atoms with Crippen molar-refractivity contribution in [3.8, 4) is 5.75 Å². The highest BCUT2D eigenvalue weighted by molar-refractivity contribution is 6.40. The standard InChI is InChI=1S/C13H17N3O4/c1-16(10-3-5-11(18)6-4-10)13(20)12(19)15-8-2-7-14-9-17/h3-6,9,18H,2,7-8H2,1H3,(H,14,17)(H,15,19). The largest absolute Gasteiger partial charge is 0.508 e. The minimum atomic E-state index is -0.716. The Bertz CT molecular complexity index is 473. The summed E-state index contributed by atoms with van der Waals surface area (Å²) in [6.45, 7) is 0.737. The molecule has 0 aromatic heterocycles. The van der Waals surface area contributed by atoms with Gasteiger partial charge in [-0.3, -0.25) is 14.4 Å². The third-order valence-corrected chi connectivity index (χ3v) is 2.60. The molecule has 3 amide bonds. The Morgan fingerprint density at radius 3 is 2.50 bits per heavy atom. The van der Waals surface area contributed by atoms with E-state index < -0.39 is 11.8 Å². The van der Waals surface area contributed by atoms with Crippen LogP contribution in [-0.2, 0) is 14.4 Å². The molecule has 1 aromatic rings. The third-order valence-electron chi connectivity index (χ3n) is 2.60. The highest BCUT2D eigenvalue weighted by Gasteiger charge is 2.19. The maximum atomic E-state index is 11.8. The zero-order valence-electron chi connectivity index (χ0n) is 11.1. The number of phenolic OH excluding ortho intramolecular Hbond substituents is 1. The number of nitrogens with one attached hydrogen (secondary N) is 2. The predicted octanol–water partition coefficient (Wildman–Crippen LogP) is -0.393. The highest BCUT2D eigenvalue weighted by atomic mass is 16.3. The van der Waals surface area contributed by atoms with Gasteiger partial charge in [-0.25, -0.2) is 0 Å². The molecule has 0 radical (unpaired) electrons. The maximum Gasteiger partial charge on any atom is 0.316 e. The van der Waals surface area contributed by atoms with E-state index >= 15 is 0 Å². The molecule has 1 aromatic carbocycles. The van der Waals surface area contributed by atoms with Gasteiger partial charge in [-0.2, -0.15) is 0 Å². The van der Waals surface area contributed by atoms with Crippen molar-refractivity contribution in [2.45, 2.75) is 6.42 Å². The number of rotatable bonds is 6. The number of hydrogen-bond acceptors (Lipinski definition) is 4. The molecule has 0 aliphatic carbocycles. The first-order valence-corrected chi connectivity index (χ1v) is 6.08. The number of aromatic hydroxyl groups is 1. The molecule has 0 aliphatic heterocycles. The number of carbonyl (C=O) groups is 3. The first-order chi connectivity index (χ1) is 9.56. The molecule has 0 heterocycles. The van der Waals surface area contributed by atoms with Crippen LogP contribution in [0.4, 0.5) is 5.69 Å². The average molecular weight is 279 g/mol. The van der Waals surface area contributed by atoms with Gasteiger partial charge in [0.1, 0.15) is 5.75 Å². The van der Waals surface area contributed by atoms with Crippen LogP contribution in [0.15, 0.2) is 24.3 Å². The summed E-state index contributed by atoms with van der Waals surface area (Å²) in [7, 11) is 1.47. The first-order valence-electron chi connectivity index (χ1n) is 6.08. The lowest BCUT2D eigenvalue weighted by molar-refractivity contribution is -0.137. The topological polar surface area (TPSA) is 98.7 Å². The SMILES string of the molecule is CN(C(=O)C(=O)NCCCNC=O)c1ccc(O)cc1. The van der Waals surface area contributed by atoms with Crippen molar-refractivity contribution in [2.75, 3.05) is 25.0 Å². The molecule has 108 valence electrons. The molecule has 20 heavy (non-hydrogen) atoms. The molecule has 0 fully saturated rings. The first kappa shape index (κ1) is 15.5. The van der Waals surface area contributed by atoms with Crippen LogP contribution in [-0.4, -0.2) is 43.5 Å². The van der Waals surface area contributed by atoms with E-state index in [0.717, 1.165) is 0 Å². The van der Waals surface area contributed by atoms with Crippen LogP contribution in [0.2, 0.25) is 0 Å². The molecule has 3 N–H and O–H groups in total. The lowest BCUT2D eigenvalue weighted by atomic mass is 10.2. The van der Waals surface area contributed by atoms with Gasteiger partial charge in [0.05, 0.1) is 0 Å². The van der Waals surface area contributed by atoms with Gasteiger partial charge in [0.15, 0.2) is 0 Å². The van der Waals surface area contributed by atoms with Gasteiger partial charge in [-0.1, -0.05) is 0 Å². The monoisotopic (exact) mass is 279 g/mol. The van der Waals surface area contributed by atoms with Crippen molar-refractivity contribution < 1.29 is 19.5 Å². The lowest BCUT2D eigenvalue weighted by Crippen LogP contribution is -2.41. The number of hydrogen-bond donors (Lipinski definition) is 3. The van der Waals surface area contributed by atoms with Gasteiger partial charge in [-0.15, -0.1) is 0 Å². The van der Waals surface area contributed by atoms with Gasteiger partial charge in [0.2, 0.25) is 6.41 Å². The molecule has 0 saturated heterocycles. The molecule has 0 bridgehead atoms.